The van der Waals surface area contributed by atoms with Gasteiger partial charge in [0.1, 0.15) is 6.04 Å². The fourth-order valence-corrected chi connectivity index (χ4v) is 4.57. The molecular weight excluding hydrogens is 402 g/mol. The van der Waals surface area contributed by atoms with Crippen LogP contribution in [0.3, 0.4) is 0 Å². The lowest BCUT2D eigenvalue weighted by atomic mass is 10.0. The molecule has 0 aliphatic carbocycles. The molecule has 2 aliphatic rings. The zero-order valence-corrected chi connectivity index (χ0v) is 18.5. The average Bonchev–Trinajstić information content (AvgIpc) is 3.11. The van der Waals surface area contributed by atoms with Gasteiger partial charge in [-0.15, -0.1) is 0 Å². The van der Waals surface area contributed by atoms with Crippen LogP contribution in [-0.4, -0.2) is 47.2 Å². The molecule has 2 aromatic carbocycles. The van der Waals surface area contributed by atoms with E-state index in [-0.39, 0.29) is 17.7 Å². The molecule has 2 fully saturated rings. The SMILES string of the molecule is O=C(Nc1ccc(C(=O)N2CCCCCC2)cc1)C(c1ccccc1)N1CCCCC1=O. The van der Waals surface area contributed by atoms with Crippen molar-refractivity contribution in [1.82, 2.24) is 9.80 Å². The molecule has 0 bridgehead atoms. The normalized spacial score (nSPS) is 18.1. The Labute approximate surface area is 189 Å². The lowest BCUT2D eigenvalue weighted by molar-refractivity contribution is -0.141. The minimum Gasteiger partial charge on any atom is -0.339 e. The van der Waals surface area contributed by atoms with Gasteiger partial charge in [0.2, 0.25) is 5.91 Å². The lowest BCUT2D eigenvalue weighted by Gasteiger charge is -2.34. The predicted molar refractivity (Wildman–Crippen MR) is 124 cm³/mol. The summed E-state index contributed by atoms with van der Waals surface area (Å²) < 4.78 is 0. The molecule has 3 amide bonds. The highest BCUT2D eigenvalue weighted by Crippen LogP contribution is 2.27. The van der Waals surface area contributed by atoms with E-state index in [1.165, 1.54) is 12.8 Å². The average molecular weight is 434 g/mol. The molecule has 6 heteroatoms. The highest BCUT2D eigenvalue weighted by molar-refractivity contribution is 5.99. The maximum atomic E-state index is 13.3. The first kappa shape index (κ1) is 22.1. The van der Waals surface area contributed by atoms with E-state index in [0.717, 1.165) is 44.3 Å². The highest BCUT2D eigenvalue weighted by Gasteiger charge is 2.32. The molecule has 2 aromatic rings. The van der Waals surface area contributed by atoms with Gasteiger partial charge in [0.25, 0.3) is 11.8 Å². The topological polar surface area (TPSA) is 69.7 Å². The van der Waals surface area contributed by atoms with Crippen LogP contribution in [0.2, 0.25) is 0 Å². The minimum atomic E-state index is -0.664. The number of piperidine rings is 1. The van der Waals surface area contributed by atoms with Crippen molar-refractivity contribution in [1.29, 1.82) is 0 Å². The maximum Gasteiger partial charge on any atom is 0.253 e. The number of carbonyl (C=O) groups excluding carboxylic acids is 3. The number of nitrogens with one attached hydrogen (secondary N) is 1. The van der Waals surface area contributed by atoms with Gasteiger partial charge in [-0.1, -0.05) is 43.2 Å². The van der Waals surface area contributed by atoms with Crippen LogP contribution in [0.15, 0.2) is 54.6 Å². The minimum absolute atomic E-state index is 0.0126. The number of anilines is 1. The Morgan fingerprint density at radius 2 is 1.44 bits per heavy atom. The number of rotatable bonds is 5. The number of hydrogen-bond donors (Lipinski definition) is 1. The summed E-state index contributed by atoms with van der Waals surface area (Å²) in [4.78, 5) is 42.3. The smallest absolute Gasteiger partial charge is 0.253 e. The van der Waals surface area contributed by atoms with Crippen molar-refractivity contribution in [3.8, 4) is 0 Å². The summed E-state index contributed by atoms with van der Waals surface area (Å²) in [5.41, 5.74) is 2.05. The predicted octanol–water partition coefficient (Wildman–Crippen LogP) is 4.40. The summed E-state index contributed by atoms with van der Waals surface area (Å²) in [5.74, 6) is -0.178. The third-order valence-electron chi connectivity index (χ3n) is 6.33. The molecule has 6 nitrogen and oxygen atoms in total. The summed E-state index contributed by atoms with van der Waals surface area (Å²) in [7, 11) is 0. The number of hydrogen-bond acceptors (Lipinski definition) is 3. The Kier molecular flexibility index (Phi) is 7.20. The second-order valence-corrected chi connectivity index (χ2v) is 8.63. The van der Waals surface area contributed by atoms with Gasteiger partial charge >= 0.3 is 0 Å². The van der Waals surface area contributed by atoms with Gasteiger partial charge in [0.15, 0.2) is 0 Å². The Balaban J connectivity index is 1.48. The van der Waals surface area contributed by atoms with Crippen molar-refractivity contribution < 1.29 is 14.4 Å². The van der Waals surface area contributed by atoms with Gasteiger partial charge in [-0.2, -0.15) is 0 Å². The Bertz CT molecular complexity index is 935. The molecule has 0 saturated carbocycles. The molecule has 0 radical (unpaired) electrons. The summed E-state index contributed by atoms with van der Waals surface area (Å²) in [6.07, 6.45) is 6.70. The van der Waals surface area contributed by atoms with Crippen molar-refractivity contribution >= 4 is 23.4 Å². The number of benzene rings is 2. The van der Waals surface area contributed by atoms with E-state index in [4.69, 9.17) is 0 Å². The third-order valence-corrected chi connectivity index (χ3v) is 6.33. The van der Waals surface area contributed by atoms with Crippen molar-refractivity contribution in [2.75, 3.05) is 25.0 Å². The fraction of sp³-hybridized carbons (Fsp3) is 0.423. The van der Waals surface area contributed by atoms with Crippen LogP contribution in [0.1, 0.15) is 66.9 Å². The molecule has 1 N–H and O–H groups in total. The zero-order valence-electron chi connectivity index (χ0n) is 18.5. The molecule has 1 atom stereocenters. The molecule has 4 rings (SSSR count). The molecule has 168 valence electrons. The van der Waals surface area contributed by atoms with Crippen molar-refractivity contribution in [3.63, 3.8) is 0 Å². The van der Waals surface area contributed by atoms with Gasteiger partial charge in [-0.05, 0) is 55.5 Å². The molecular formula is C26H31N3O3. The van der Waals surface area contributed by atoms with E-state index >= 15 is 0 Å². The summed E-state index contributed by atoms with van der Waals surface area (Å²) in [5, 5.41) is 2.96. The van der Waals surface area contributed by atoms with Crippen LogP contribution in [0.25, 0.3) is 0 Å². The zero-order chi connectivity index (χ0) is 22.3. The Morgan fingerprint density at radius 3 is 2.09 bits per heavy atom. The van der Waals surface area contributed by atoms with Crippen molar-refractivity contribution in [2.45, 2.75) is 51.0 Å². The van der Waals surface area contributed by atoms with Crippen LogP contribution in [0, 0.1) is 0 Å². The maximum absolute atomic E-state index is 13.3. The highest BCUT2D eigenvalue weighted by atomic mass is 16.2. The van der Waals surface area contributed by atoms with E-state index in [2.05, 4.69) is 5.32 Å². The van der Waals surface area contributed by atoms with E-state index in [0.29, 0.717) is 24.2 Å². The first-order chi connectivity index (χ1) is 15.6. The van der Waals surface area contributed by atoms with Crippen LogP contribution in [0.5, 0.6) is 0 Å². The number of amides is 3. The Hall–Kier alpha value is -3.15. The lowest BCUT2D eigenvalue weighted by Crippen LogP contribution is -2.43. The molecule has 2 saturated heterocycles. The van der Waals surface area contributed by atoms with Crippen molar-refractivity contribution in [2.24, 2.45) is 0 Å². The quantitative estimate of drug-likeness (QED) is 0.760. The molecule has 1 unspecified atom stereocenters. The number of carbonyl (C=O) groups is 3. The van der Waals surface area contributed by atoms with Crippen LogP contribution in [-0.2, 0) is 9.59 Å². The van der Waals surface area contributed by atoms with Gasteiger partial charge < -0.3 is 15.1 Å². The number of likely N-dealkylation sites (tertiary alicyclic amines) is 2. The fourth-order valence-electron chi connectivity index (χ4n) is 4.57. The monoisotopic (exact) mass is 433 g/mol. The molecule has 0 aromatic heterocycles. The van der Waals surface area contributed by atoms with E-state index < -0.39 is 6.04 Å². The largest absolute Gasteiger partial charge is 0.339 e. The molecule has 2 heterocycles. The standard InChI is InChI=1S/C26H31N3O3/c30-23-12-6-9-19-29(23)24(20-10-4-3-5-11-20)25(31)27-22-15-13-21(14-16-22)26(32)28-17-7-1-2-8-18-28/h3-5,10-11,13-16,24H,1-2,6-9,12,17-19H2,(H,27,31). The van der Waals surface area contributed by atoms with Crippen molar-refractivity contribution in [3.05, 3.63) is 65.7 Å². The van der Waals surface area contributed by atoms with Gasteiger partial charge in [-0.25, -0.2) is 0 Å². The summed E-state index contributed by atoms with van der Waals surface area (Å²) >= 11 is 0. The summed E-state index contributed by atoms with van der Waals surface area (Å²) in [6.45, 7) is 2.19. The third kappa shape index (κ3) is 5.18. The number of nitrogens with zero attached hydrogens (tertiary/aromatic N) is 2. The summed E-state index contributed by atoms with van der Waals surface area (Å²) in [6, 6.07) is 15.8. The first-order valence-corrected chi connectivity index (χ1v) is 11.7. The second kappa shape index (κ2) is 10.4. The van der Waals surface area contributed by atoms with E-state index in [1.54, 1.807) is 29.2 Å². The van der Waals surface area contributed by atoms with Gasteiger partial charge in [-0.3, -0.25) is 14.4 Å². The molecule has 2 aliphatic heterocycles. The first-order valence-electron chi connectivity index (χ1n) is 11.7. The van der Waals surface area contributed by atoms with Crippen LogP contribution < -0.4 is 5.32 Å². The van der Waals surface area contributed by atoms with E-state index in [9.17, 15) is 14.4 Å². The Morgan fingerprint density at radius 1 is 0.781 bits per heavy atom. The van der Waals surface area contributed by atoms with E-state index in [1.807, 2.05) is 35.2 Å². The second-order valence-electron chi connectivity index (χ2n) is 8.63. The van der Waals surface area contributed by atoms with Gasteiger partial charge in [0, 0.05) is 37.3 Å². The van der Waals surface area contributed by atoms with Crippen LogP contribution in [0.4, 0.5) is 5.69 Å². The molecule has 0 spiro atoms. The van der Waals surface area contributed by atoms with Gasteiger partial charge in [0.05, 0.1) is 0 Å². The van der Waals surface area contributed by atoms with Crippen LogP contribution >= 0.6 is 0 Å². The molecule has 32 heavy (non-hydrogen) atoms.